The van der Waals surface area contributed by atoms with Crippen molar-refractivity contribution >= 4 is 11.8 Å². The normalized spacial score (nSPS) is 16.8. The zero-order valence-electron chi connectivity index (χ0n) is 19.7. The van der Waals surface area contributed by atoms with E-state index < -0.39 is 0 Å². The fourth-order valence-corrected chi connectivity index (χ4v) is 3.90. The van der Waals surface area contributed by atoms with Crippen molar-refractivity contribution in [2.24, 2.45) is 0 Å². The molecule has 3 aromatic heterocycles. The Morgan fingerprint density at radius 3 is 2.79 bits per heavy atom. The van der Waals surface area contributed by atoms with Gasteiger partial charge in [-0.2, -0.15) is 15.1 Å². The smallest absolute Gasteiger partial charge is 0.230 e. The maximum atomic E-state index is 6.39. The Morgan fingerprint density at radius 2 is 2.06 bits per heavy atom. The van der Waals surface area contributed by atoms with Crippen molar-refractivity contribution in [3.05, 3.63) is 29.3 Å². The van der Waals surface area contributed by atoms with E-state index >= 15 is 0 Å². The molecule has 11 heteroatoms. The molecule has 2 aliphatic rings. The molecule has 1 saturated heterocycles. The maximum absolute atomic E-state index is 6.39. The second-order valence-corrected chi connectivity index (χ2v) is 9.12. The van der Waals surface area contributed by atoms with E-state index in [0.29, 0.717) is 59.7 Å². The summed E-state index contributed by atoms with van der Waals surface area (Å²) in [5, 5.41) is 14.9. The van der Waals surface area contributed by atoms with Crippen LogP contribution in [0.1, 0.15) is 55.7 Å². The molecule has 0 spiro atoms. The number of morpholine rings is 1. The van der Waals surface area contributed by atoms with Crippen molar-refractivity contribution in [3.63, 3.8) is 0 Å². The molecule has 11 nitrogen and oxygen atoms in total. The molecule has 182 valence electrons. The molecular weight excluding hydrogens is 436 g/mol. The van der Waals surface area contributed by atoms with E-state index in [1.54, 1.807) is 0 Å². The van der Waals surface area contributed by atoms with Crippen molar-refractivity contribution in [2.45, 2.75) is 45.1 Å². The average molecular weight is 469 g/mol. The number of nitrogens with zero attached hydrogens (tertiary/aromatic N) is 5. The van der Waals surface area contributed by atoms with E-state index in [1.165, 1.54) is 12.8 Å². The summed E-state index contributed by atoms with van der Waals surface area (Å²) in [6.07, 6.45) is 2.36. The summed E-state index contributed by atoms with van der Waals surface area (Å²) in [5.74, 6) is 2.64. The van der Waals surface area contributed by atoms with Gasteiger partial charge in [0.15, 0.2) is 5.76 Å². The highest BCUT2D eigenvalue weighted by Gasteiger charge is 2.27. The maximum Gasteiger partial charge on any atom is 0.230 e. The number of hydrogen-bond donors (Lipinski definition) is 3. The van der Waals surface area contributed by atoms with Crippen LogP contribution in [-0.4, -0.2) is 69.7 Å². The van der Waals surface area contributed by atoms with Gasteiger partial charge in [-0.1, -0.05) is 19.0 Å². The van der Waals surface area contributed by atoms with Gasteiger partial charge in [-0.3, -0.25) is 10.00 Å². The van der Waals surface area contributed by atoms with Crippen LogP contribution in [0.25, 0.3) is 11.3 Å². The SMILES string of the molecule is CC(C)c1cc(CNc2nc(N)c(-c3cc(C4CC4)[nH]n3)c(OCCN3CCOCC3)n2)on1. The standard InChI is InChI=1S/C23H32N8O3/c1-14(2)17-11-16(34-30-17)13-25-23-26-21(24)20(19-12-18(28-29-19)15-3-4-15)22(27-23)33-10-7-31-5-8-32-9-6-31/h11-12,14-15H,3-10,13H2,1-2H3,(H,28,29)(H3,24,25,26,27). The quantitative estimate of drug-likeness (QED) is 0.407. The van der Waals surface area contributed by atoms with E-state index in [0.717, 1.165) is 44.2 Å². The Bertz CT molecular complexity index is 1100. The topological polar surface area (TPSA) is 140 Å². The van der Waals surface area contributed by atoms with Crippen LogP contribution in [0.15, 0.2) is 16.7 Å². The van der Waals surface area contributed by atoms with Gasteiger partial charge in [-0.05, 0) is 24.8 Å². The number of nitrogens with two attached hydrogens (primary N) is 1. The van der Waals surface area contributed by atoms with Crippen LogP contribution < -0.4 is 15.8 Å². The van der Waals surface area contributed by atoms with Crippen molar-refractivity contribution in [3.8, 4) is 17.1 Å². The summed E-state index contributed by atoms with van der Waals surface area (Å²) in [7, 11) is 0. The van der Waals surface area contributed by atoms with Crippen LogP contribution in [0.4, 0.5) is 11.8 Å². The predicted molar refractivity (Wildman–Crippen MR) is 127 cm³/mol. The minimum absolute atomic E-state index is 0.296. The Labute approximate surface area is 198 Å². The van der Waals surface area contributed by atoms with Gasteiger partial charge in [0.25, 0.3) is 0 Å². The number of aromatic amines is 1. The van der Waals surface area contributed by atoms with Gasteiger partial charge in [0.2, 0.25) is 11.8 Å². The number of ether oxygens (including phenoxy) is 2. The minimum Gasteiger partial charge on any atom is -0.476 e. The third-order valence-electron chi connectivity index (χ3n) is 6.11. The fourth-order valence-electron chi connectivity index (χ4n) is 3.90. The number of nitrogens with one attached hydrogen (secondary N) is 2. The monoisotopic (exact) mass is 468 g/mol. The second-order valence-electron chi connectivity index (χ2n) is 9.12. The molecule has 0 amide bonds. The fraction of sp³-hybridized carbons (Fsp3) is 0.565. The van der Waals surface area contributed by atoms with Crippen molar-refractivity contribution in [1.82, 2.24) is 30.2 Å². The number of rotatable bonds is 10. The lowest BCUT2D eigenvalue weighted by Gasteiger charge is -2.26. The zero-order chi connectivity index (χ0) is 23.5. The summed E-state index contributed by atoms with van der Waals surface area (Å²) in [4.78, 5) is 11.4. The first-order valence-corrected chi connectivity index (χ1v) is 11.9. The molecule has 5 rings (SSSR count). The minimum atomic E-state index is 0.296. The molecule has 0 bridgehead atoms. The van der Waals surface area contributed by atoms with Crippen molar-refractivity contribution < 1.29 is 14.0 Å². The van der Waals surface area contributed by atoms with Gasteiger partial charge in [-0.15, -0.1) is 0 Å². The largest absolute Gasteiger partial charge is 0.476 e. The molecule has 4 N–H and O–H groups in total. The Morgan fingerprint density at radius 1 is 1.24 bits per heavy atom. The van der Waals surface area contributed by atoms with Crippen LogP contribution in [-0.2, 0) is 11.3 Å². The summed E-state index contributed by atoms with van der Waals surface area (Å²) in [6, 6.07) is 3.95. The first kappa shape index (κ1) is 22.6. The van der Waals surface area contributed by atoms with Crippen LogP contribution in [0.2, 0.25) is 0 Å². The Balaban J connectivity index is 1.34. The summed E-state index contributed by atoms with van der Waals surface area (Å²) in [6.45, 7) is 9.07. The van der Waals surface area contributed by atoms with E-state index in [1.807, 2.05) is 12.1 Å². The van der Waals surface area contributed by atoms with Crippen LogP contribution in [0.5, 0.6) is 5.88 Å². The molecule has 0 radical (unpaired) electrons. The first-order valence-electron chi connectivity index (χ1n) is 11.9. The third-order valence-corrected chi connectivity index (χ3v) is 6.11. The zero-order valence-corrected chi connectivity index (χ0v) is 19.7. The van der Waals surface area contributed by atoms with Crippen LogP contribution in [0, 0.1) is 0 Å². The summed E-state index contributed by atoms with van der Waals surface area (Å²) < 4.78 is 17.0. The van der Waals surface area contributed by atoms with Crippen LogP contribution >= 0.6 is 0 Å². The van der Waals surface area contributed by atoms with Gasteiger partial charge >= 0.3 is 0 Å². The average Bonchev–Trinajstić information content (AvgIpc) is 3.37. The number of H-pyrrole nitrogens is 1. The molecule has 3 aromatic rings. The van der Waals surface area contributed by atoms with E-state index in [9.17, 15) is 0 Å². The van der Waals surface area contributed by atoms with E-state index in [2.05, 4.69) is 49.4 Å². The Kier molecular flexibility index (Phi) is 6.63. The van der Waals surface area contributed by atoms with Gasteiger partial charge in [-0.25, -0.2) is 0 Å². The van der Waals surface area contributed by atoms with E-state index in [-0.39, 0.29) is 0 Å². The van der Waals surface area contributed by atoms with Gasteiger partial charge in [0.1, 0.15) is 23.7 Å². The highest BCUT2D eigenvalue weighted by Crippen LogP contribution is 2.41. The van der Waals surface area contributed by atoms with Crippen molar-refractivity contribution in [2.75, 3.05) is 50.5 Å². The lowest BCUT2D eigenvalue weighted by Crippen LogP contribution is -2.38. The second kappa shape index (κ2) is 9.98. The molecule has 1 saturated carbocycles. The molecule has 4 heterocycles. The predicted octanol–water partition coefficient (Wildman–Crippen LogP) is 2.76. The lowest BCUT2D eigenvalue weighted by atomic mass is 10.1. The van der Waals surface area contributed by atoms with Gasteiger partial charge in [0.05, 0.1) is 25.5 Å². The number of nitrogen functional groups attached to an aromatic ring is 1. The Hall–Kier alpha value is -3.18. The molecule has 34 heavy (non-hydrogen) atoms. The van der Waals surface area contributed by atoms with E-state index in [4.69, 9.17) is 19.7 Å². The highest BCUT2D eigenvalue weighted by molar-refractivity contribution is 5.77. The van der Waals surface area contributed by atoms with Gasteiger partial charge < -0.3 is 25.0 Å². The summed E-state index contributed by atoms with van der Waals surface area (Å²) in [5.41, 5.74) is 9.72. The first-order chi connectivity index (χ1) is 16.6. The van der Waals surface area contributed by atoms with Crippen molar-refractivity contribution in [1.29, 1.82) is 0 Å². The third kappa shape index (κ3) is 5.31. The molecule has 0 atom stereocenters. The summed E-state index contributed by atoms with van der Waals surface area (Å²) >= 11 is 0. The molecule has 1 aliphatic heterocycles. The lowest BCUT2D eigenvalue weighted by molar-refractivity contribution is 0.0320. The highest BCUT2D eigenvalue weighted by atomic mass is 16.5. The number of anilines is 2. The number of hydrogen-bond acceptors (Lipinski definition) is 10. The number of aromatic nitrogens is 5. The van der Waals surface area contributed by atoms with Crippen LogP contribution in [0.3, 0.4) is 0 Å². The molecular formula is C23H32N8O3. The van der Waals surface area contributed by atoms with Gasteiger partial charge in [0, 0.05) is 37.3 Å². The molecule has 2 fully saturated rings. The molecule has 0 unspecified atom stereocenters. The molecule has 1 aliphatic carbocycles. The molecule has 0 aromatic carbocycles.